The zero-order valence-corrected chi connectivity index (χ0v) is 17.0. The van der Waals surface area contributed by atoms with Gasteiger partial charge in [-0.2, -0.15) is 0 Å². The highest BCUT2D eigenvalue weighted by molar-refractivity contribution is 6.31. The number of hydrogen-bond acceptors (Lipinski definition) is 3. The first-order valence-corrected chi connectivity index (χ1v) is 10.3. The third-order valence-electron chi connectivity index (χ3n) is 5.21. The van der Waals surface area contributed by atoms with E-state index >= 15 is 0 Å². The third kappa shape index (κ3) is 4.00. The minimum Gasteiger partial charge on any atom is -0.339 e. The first-order chi connectivity index (χ1) is 14.2. The van der Waals surface area contributed by atoms with Crippen molar-refractivity contribution in [1.82, 2.24) is 0 Å². The lowest BCUT2D eigenvalue weighted by Gasteiger charge is -2.27. The molecule has 0 spiro atoms. The van der Waals surface area contributed by atoms with E-state index < -0.39 is 0 Å². The number of fused-ring (bicyclic) bond motifs is 2. The van der Waals surface area contributed by atoms with E-state index in [-0.39, 0.29) is 5.91 Å². The Kier molecular flexibility index (Phi) is 5.84. The predicted octanol–water partition coefficient (Wildman–Crippen LogP) is 5.38. The number of amides is 1. The second-order valence-electron chi connectivity index (χ2n) is 7.17. The van der Waals surface area contributed by atoms with Gasteiger partial charge < -0.3 is 15.5 Å². The molecule has 148 valence electrons. The normalized spacial score (nSPS) is 13.1. The molecule has 3 aromatic rings. The van der Waals surface area contributed by atoms with E-state index in [0.29, 0.717) is 23.7 Å². The molecular formula is C24H24ClN3O. The van der Waals surface area contributed by atoms with Gasteiger partial charge in [-0.05, 0) is 55.3 Å². The van der Waals surface area contributed by atoms with Crippen LogP contribution >= 0.6 is 11.6 Å². The molecule has 0 unspecified atom stereocenters. The van der Waals surface area contributed by atoms with Crippen molar-refractivity contribution in [2.45, 2.75) is 19.4 Å². The van der Waals surface area contributed by atoms with Crippen molar-refractivity contribution in [3.63, 3.8) is 0 Å². The number of carbonyl (C=O) groups is 1. The zero-order valence-electron chi connectivity index (χ0n) is 16.2. The van der Waals surface area contributed by atoms with Gasteiger partial charge in [0.2, 0.25) is 0 Å². The van der Waals surface area contributed by atoms with Gasteiger partial charge in [0.15, 0.2) is 0 Å². The molecule has 0 saturated heterocycles. The Hall–Kier alpha value is -2.82. The van der Waals surface area contributed by atoms with Crippen molar-refractivity contribution in [2.75, 3.05) is 22.9 Å². The van der Waals surface area contributed by atoms with Crippen LogP contribution in [0.15, 0.2) is 72.8 Å². The zero-order chi connectivity index (χ0) is 20.2. The molecule has 29 heavy (non-hydrogen) atoms. The summed E-state index contributed by atoms with van der Waals surface area (Å²) in [5.74, 6) is -0.0192. The highest BCUT2D eigenvalue weighted by Crippen LogP contribution is 2.42. The minimum atomic E-state index is -0.0192. The van der Waals surface area contributed by atoms with Gasteiger partial charge in [-0.3, -0.25) is 4.79 Å². The summed E-state index contributed by atoms with van der Waals surface area (Å²) in [6, 6.07) is 23.6. The Balaban J connectivity index is 1.85. The summed E-state index contributed by atoms with van der Waals surface area (Å²) in [5.41, 5.74) is 10.2. The van der Waals surface area contributed by atoms with E-state index in [1.54, 1.807) is 6.07 Å². The lowest BCUT2D eigenvalue weighted by Crippen LogP contribution is -2.29. The van der Waals surface area contributed by atoms with Crippen LogP contribution in [-0.2, 0) is 6.54 Å². The van der Waals surface area contributed by atoms with Crippen LogP contribution < -0.4 is 15.5 Å². The van der Waals surface area contributed by atoms with E-state index in [1.807, 2.05) is 65.6 Å². The first kappa shape index (κ1) is 19.5. The number of rotatable bonds is 6. The summed E-state index contributed by atoms with van der Waals surface area (Å²) in [5, 5.41) is 0.620. The number of para-hydroxylation sites is 2. The molecule has 1 aliphatic heterocycles. The van der Waals surface area contributed by atoms with Crippen molar-refractivity contribution in [3.05, 3.63) is 88.9 Å². The van der Waals surface area contributed by atoms with Crippen LogP contribution in [0.4, 0.5) is 17.1 Å². The average Bonchev–Trinajstić information content (AvgIpc) is 2.84. The molecular weight excluding hydrogens is 382 g/mol. The molecule has 1 amide bonds. The summed E-state index contributed by atoms with van der Waals surface area (Å²) >= 11 is 6.33. The number of anilines is 3. The van der Waals surface area contributed by atoms with Crippen molar-refractivity contribution in [2.24, 2.45) is 5.73 Å². The van der Waals surface area contributed by atoms with E-state index in [1.165, 1.54) is 0 Å². The van der Waals surface area contributed by atoms with Crippen molar-refractivity contribution in [3.8, 4) is 0 Å². The summed E-state index contributed by atoms with van der Waals surface area (Å²) in [6.07, 6.45) is 1.86. The third-order valence-corrected chi connectivity index (χ3v) is 5.44. The number of carbonyl (C=O) groups excluding carboxylic acids is 1. The van der Waals surface area contributed by atoms with Gasteiger partial charge in [0.1, 0.15) is 0 Å². The molecule has 0 aliphatic carbocycles. The molecule has 4 nitrogen and oxygen atoms in total. The van der Waals surface area contributed by atoms with Crippen molar-refractivity contribution < 1.29 is 4.79 Å². The fourth-order valence-corrected chi connectivity index (χ4v) is 3.96. The number of hydrogen-bond donors (Lipinski definition) is 1. The molecule has 0 saturated carbocycles. The number of benzene rings is 3. The molecule has 0 fully saturated rings. The maximum Gasteiger partial charge on any atom is 0.260 e. The molecule has 2 N–H and O–H groups in total. The number of nitrogens with zero attached hydrogens (tertiary/aromatic N) is 2. The van der Waals surface area contributed by atoms with Crippen LogP contribution in [-0.4, -0.2) is 19.0 Å². The summed E-state index contributed by atoms with van der Waals surface area (Å²) in [7, 11) is 0. The quantitative estimate of drug-likeness (QED) is 0.560. The molecule has 1 heterocycles. The smallest absolute Gasteiger partial charge is 0.260 e. The summed E-state index contributed by atoms with van der Waals surface area (Å²) < 4.78 is 0. The van der Waals surface area contributed by atoms with Gasteiger partial charge in [-0.15, -0.1) is 0 Å². The molecule has 3 aromatic carbocycles. The van der Waals surface area contributed by atoms with E-state index in [4.69, 9.17) is 17.3 Å². The standard InChI is InChI=1S/C24H24ClN3O/c25-19-12-13-20-23(16-19)27(15-7-6-14-26)21-10-4-5-11-22(21)28(24(20)29)17-18-8-2-1-3-9-18/h1-5,8-13,16H,6-7,14-15,17,26H2. The fourth-order valence-electron chi connectivity index (χ4n) is 3.79. The molecule has 4 rings (SSSR count). The van der Waals surface area contributed by atoms with Crippen molar-refractivity contribution >= 4 is 34.6 Å². The van der Waals surface area contributed by atoms with Gasteiger partial charge in [0.25, 0.3) is 5.91 Å². The summed E-state index contributed by atoms with van der Waals surface area (Å²) in [4.78, 5) is 17.7. The minimum absolute atomic E-state index is 0.0192. The Morgan fingerprint density at radius 1 is 0.793 bits per heavy atom. The fraction of sp³-hybridized carbons (Fsp3) is 0.208. The lowest BCUT2D eigenvalue weighted by atomic mass is 10.1. The number of unbranched alkanes of at least 4 members (excludes halogenated alkanes) is 1. The monoisotopic (exact) mass is 405 g/mol. The molecule has 0 radical (unpaired) electrons. The Morgan fingerprint density at radius 2 is 1.48 bits per heavy atom. The molecule has 0 aromatic heterocycles. The van der Waals surface area contributed by atoms with Gasteiger partial charge in [-0.25, -0.2) is 0 Å². The number of nitrogens with two attached hydrogens (primary N) is 1. The van der Waals surface area contributed by atoms with Crippen LogP contribution in [0.1, 0.15) is 28.8 Å². The van der Waals surface area contributed by atoms with Gasteiger partial charge in [-0.1, -0.05) is 54.1 Å². The van der Waals surface area contributed by atoms with E-state index in [0.717, 1.165) is 42.0 Å². The molecule has 5 heteroatoms. The van der Waals surface area contributed by atoms with Crippen molar-refractivity contribution in [1.29, 1.82) is 0 Å². The van der Waals surface area contributed by atoms with Gasteiger partial charge >= 0.3 is 0 Å². The lowest BCUT2D eigenvalue weighted by molar-refractivity contribution is 0.0986. The van der Waals surface area contributed by atoms with Gasteiger partial charge in [0, 0.05) is 11.6 Å². The molecule has 1 aliphatic rings. The average molecular weight is 406 g/mol. The van der Waals surface area contributed by atoms with Gasteiger partial charge in [0.05, 0.1) is 29.2 Å². The predicted molar refractivity (Wildman–Crippen MR) is 120 cm³/mol. The second kappa shape index (κ2) is 8.68. The van der Waals surface area contributed by atoms with Crippen LogP contribution in [0.2, 0.25) is 5.02 Å². The van der Waals surface area contributed by atoms with Crippen LogP contribution in [0.5, 0.6) is 0 Å². The number of halogens is 1. The first-order valence-electron chi connectivity index (χ1n) is 9.91. The van der Waals surface area contributed by atoms with E-state index in [2.05, 4.69) is 11.0 Å². The highest BCUT2D eigenvalue weighted by Gasteiger charge is 2.30. The largest absolute Gasteiger partial charge is 0.339 e. The maximum atomic E-state index is 13.6. The molecule has 0 atom stereocenters. The summed E-state index contributed by atoms with van der Waals surface area (Å²) in [6.45, 7) is 1.93. The highest BCUT2D eigenvalue weighted by atomic mass is 35.5. The van der Waals surface area contributed by atoms with E-state index in [9.17, 15) is 4.79 Å². The topological polar surface area (TPSA) is 49.6 Å². The SMILES string of the molecule is NCCCCN1c2cc(Cl)ccc2C(=O)N(Cc2ccccc2)c2ccccc21. The maximum absolute atomic E-state index is 13.6. The Morgan fingerprint density at radius 3 is 2.21 bits per heavy atom. The van der Waals surface area contributed by atoms with Crippen LogP contribution in [0, 0.1) is 0 Å². The second-order valence-corrected chi connectivity index (χ2v) is 7.61. The Bertz CT molecular complexity index is 1010. The Labute approximate surface area is 176 Å². The van der Waals surface area contributed by atoms with Crippen LogP contribution in [0.25, 0.3) is 0 Å². The molecule has 0 bridgehead atoms. The van der Waals surface area contributed by atoms with Crippen LogP contribution in [0.3, 0.4) is 0 Å².